The molecular formula is C3H7ClN2O. The van der Waals surface area contributed by atoms with E-state index in [2.05, 4.69) is 4.99 Å². The molecule has 42 valence electrons. The van der Waals surface area contributed by atoms with Crippen molar-refractivity contribution in [1.82, 2.24) is 5.48 Å². The van der Waals surface area contributed by atoms with Gasteiger partial charge in [0.2, 0.25) is 0 Å². The monoisotopic (exact) mass is 122 g/mol. The van der Waals surface area contributed by atoms with Gasteiger partial charge in [0.15, 0.2) is 0 Å². The number of alkyl halides is 1. The first kappa shape index (κ1) is 6.72. The first-order valence-corrected chi connectivity index (χ1v) is 2.30. The number of hydrogen-bond acceptors (Lipinski definition) is 2. The average molecular weight is 123 g/mol. The highest BCUT2D eigenvalue weighted by Gasteiger charge is 1.86. The summed E-state index contributed by atoms with van der Waals surface area (Å²) in [6, 6.07) is 0. The molecule has 0 aliphatic carbocycles. The lowest BCUT2D eigenvalue weighted by atomic mass is 10.7. The van der Waals surface area contributed by atoms with Gasteiger partial charge in [-0.1, -0.05) is 0 Å². The molecular weight excluding hydrogens is 115 g/mol. The first-order valence-electron chi connectivity index (χ1n) is 1.77. The summed E-state index contributed by atoms with van der Waals surface area (Å²) in [6.45, 7) is 0. The summed E-state index contributed by atoms with van der Waals surface area (Å²) in [6.07, 6.45) is 0. The fraction of sp³-hybridized carbons (Fsp3) is 0.667. The maximum Gasteiger partial charge on any atom is 0.135 e. The fourth-order valence-electron chi connectivity index (χ4n) is 0.140. The third-order valence-electron chi connectivity index (χ3n) is 0.526. The van der Waals surface area contributed by atoms with Gasteiger partial charge in [-0.3, -0.25) is 15.7 Å². The van der Waals surface area contributed by atoms with Gasteiger partial charge in [-0.15, -0.1) is 11.6 Å². The molecule has 0 heterocycles. The van der Waals surface area contributed by atoms with Gasteiger partial charge in [-0.05, 0) is 0 Å². The second kappa shape index (κ2) is 3.89. The predicted octanol–water partition coefficient (Wildman–Crippen LogP) is 0.232. The highest BCUT2D eigenvalue weighted by Crippen LogP contribution is 1.74. The minimum atomic E-state index is 0.215. The lowest BCUT2D eigenvalue weighted by Gasteiger charge is -1.93. The van der Waals surface area contributed by atoms with Crippen molar-refractivity contribution < 1.29 is 5.21 Å². The normalized spacial score (nSPS) is 11.6. The Labute approximate surface area is 47.0 Å². The number of aliphatic imine (C=N–C) groups is 1. The smallest absolute Gasteiger partial charge is 0.135 e. The quantitative estimate of drug-likeness (QED) is 0.226. The van der Waals surface area contributed by atoms with Crippen LogP contribution in [0.3, 0.4) is 0 Å². The Bertz CT molecular complexity index is 67.3. The van der Waals surface area contributed by atoms with Gasteiger partial charge < -0.3 is 0 Å². The van der Waals surface area contributed by atoms with E-state index >= 15 is 0 Å². The van der Waals surface area contributed by atoms with Crippen molar-refractivity contribution in [3.8, 4) is 0 Å². The lowest BCUT2D eigenvalue weighted by Crippen LogP contribution is -2.19. The molecule has 0 amide bonds. The molecule has 0 bridgehead atoms. The Kier molecular flexibility index (Phi) is 3.74. The van der Waals surface area contributed by atoms with E-state index in [4.69, 9.17) is 16.8 Å². The summed E-state index contributed by atoms with van der Waals surface area (Å²) in [5.74, 6) is 0.592. The Morgan fingerprint density at radius 2 is 2.57 bits per heavy atom. The van der Waals surface area contributed by atoms with Gasteiger partial charge in [0.25, 0.3) is 0 Å². The van der Waals surface area contributed by atoms with Crippen LogP contribution >= 0.6 is 11.6 Å². The van der Waals surface area contributed by atoms with Crippen molar-refractivity contribution in [1.29, 1.82) is 0 Å². The van der Waals surface area contributed by atoms with Crippen molar-refractivity contribution >= 4 is 17.4 Å². The highest BCUT2D eigenvalue weighted by molar-refractivity contribution is 6.28. The van der Waals surface area contributed by atoms with Crippen LogP contribution in [-0.4, -0.2) is 24.0 Å². The van der Waals surface area contributed by atoms with E-state index < -0.39 is 0 Å². The molecule has 0 radical (unpaired) electrons. The molecule has 0 unspecified atom stereocenters. The van der Waals surface area contributed by atoms with E-state index in [1.165, 1.54) is 0 Å². The fourth-order valence-corrected chi connectivity index (χ4v) is 0.319. The van der Waals surface area contributed by atoms with Crippen molar-refractivity contribution in [2.45, 2.75) is 0 Å². The number of hydrogen-bond donors (Lipinski definition) is 2. The topological polar surface area (TPSA) is 44.6 Å². The van der Waals surface area contributed by atoms with Crippen LogP contribution < -0.4 is 5.48 Å². The number of amidine groups is 1. The first-order chi connectivity index (χ1) is 3.35. The molecule has 7 heavy (non-hydrogen) atoms. The van der Waals surface area contributed by atoms with Crippen LogP contribution in [0.2, 0.25) is 0 Å². The molecule has 3 nitrogen and oxygen atoms in total. The minimum Gasteiger partial charge on any atom is -0.290 e. The third kappa shape index (κ3) is 2.42. The number of nitrogens with zero attached hydrogens (tertiary/aromatic N) is 1. The van der Waals surface area contributed by atoms with Gasteiger partial charge in [0.05, 0.1) is 5.88 Å². The number of halogens is 1. The van der Waals surface area contributed by atoms with E-state index in [1.807, 2.05) is 5.48 Å². The van der Waals surface area contributed by atoms with Crippen LogP contribution in [0.5, 0.6) is 0 Å². The Morgan fingerprint density at radius 1 is 2.00 bits per heavy atom. The summed E-state index contributed by atoms with van der Waals surface area (Å²) in [4.78, 5) is 3.55. The van der Waals surface area contributed by atoms with Crippen molar-refractivity contribution in [2.24, 2.45) is 4.99 Å². The van der Waals surface area contributed by atoms with Gasteiger partial charge >= 0.3 is 0 Å². The number of hydroxylamine groups is 1. The van der Waals surface area contributed by atoms with Gasteiger partial charge in [-0.25, -0.2) is 0 Å². The molecule has 0 aromatic carbocycles. The molecule has 2 N–H and O–H groups in total. The second-order valence-electron chi connectivity index (χ2n) is 0.916. The highest BCUT2D eigenvalue weighted by atomic mass is 35.5. The van der Waals surface area contributed by atoms with E-state index in [0.29, 0.717) is 5.84 Å². The van der Waals surface area contributed by atoms with Crippen molar-refractivity contribution in [3.05, 3.63) is 0 Å². The summed E-state index contributed by atoms with van der Waals surface area (Å²) >= 11 is 5.21. The van der Waals surface area contributed by atoms with E-state index in [0.717, 1.165) is 0 Å². The van der Waals surface area contributed by atoms with Crippen LogP contribution in [0.15, 0.2) is 4.99 Å². The SMILES string of the molecule is CN=C(CCl)NO. The Hall–Kier alpha value is -0.280. The van der Waals surface area contributed by atoms with Gasteiger partial charge in [0.1, 0.15) is 5.84 Å². The van der Waals surface area contributed by atoms with Crippen LogP contribution in [0.1, 0.15) is 0 Å². The third-order valence-corrected chi connectivity index (χ3v) is 0.779. The van der Waals surface area contributed by atoms with Crippen LogP contribution in [0, 0.1) is 0 Å². The Morgan fingerprint density at radius 3 is 2.57 bits per heavy atom. The maximum atomic E-state index is 8.06. The Balaban J connectivity index is 3.38. The molecule has 0 spiro atoms. The largest absolute Gasteiger partial charge is 0.290 e. The molecule has 0 aliphatic heterocycles. The van der Waals surface area contributed by atoms with Crippen LogP contribution in [-0.2, 0) is 0 Å². The summed E-state index contributed by atoms with van der Waals surface area (Å²) in [5, 5.41) is 8.06. The second-order valence-corrected chi connectivity index (χ2v) is 1.18. The maximum absolute atomic E-state index is 8.06. The molecule has 0 atom stereocenters. The minimum absolute atomic E-state index is 0.215. The van der Waals surface area contributed by atoms with E-state index in [9.17, 15) is 0 Å². The number of rotatable bonds is 1. The van der Waals surface area contributed by atoms with Crippen molar-refractivity contribution in [3.63, 3.8) is 0 Å². The van der Waals surface area contributed by atoms with Gasteiger partial charge in [-0.2, -0.15) is 0 Å². The average Bonchev–Trinajstić information content (AvgIpc) is 1.72. The van der Waals surface area contributed by atoms with Crippen LogP contribution in [0.4, 0.5) is 0 Å². The van der Waals surface area contributed by atoms with Gasteiger partial charge in [0, 0.05) is 7.05 Å². The molecule has 0 fully saturated rings. The zero-order chi connectivity index (χ0) is 5.70. The molecule has 0 saturated carbocycles. The predicted molar refractivity (Wildman–Crippen MR) is 29.0 cm³/mol. The summed E-state index contributed by atoms with van der Waals surface area (Å²) in [7, 11) is 1.54. The molecule has 0 aromatic rings. The molecule has 0 aromatic heterocycles. The lowest BCUT2D eigenvalue weighted by molar-refractivity contribution is 0.234. The summed E-state index contributed by atoms with van der Waals surface area (Å²) in [5.41, 5.74) is 1.82. The van der Waals surface area contributed by atoms with Crippen LogP contribution in [0.25, 0.3) is 0 Å². The molecule has 4 heteroatoms. The molecule has 0 rings (SSSR count). The standard InChI is InChI=1S/C3H7ClN2O/c1-5-3(2-4)6-7/h7H,2H2,1H3,(H,5,6). The summed E-state index contributed by atoms with van der Waals surface area (Å²) < 4.78 is 0. The molecule has 0 aliphatic rings. The van der Waals surface area contributed by atoms with Crippen molar-refractivity contribution in [2.75, 3.05) is 12.9 Å². The zero-order valence-corrected chi connectivity index (χ0v) is 4.74. The van der Waals surface area contributed by atoms with E-state index in [-0.39, 0.29) is 5.88 Å². The van der Waals surface area contributed by atoms with E-state index in [1.54, 1.807) is 7.05 Å². The molecule has 0 saturated heterocycles. The zero-order valence-electron chi connectivity index (χ0n) is 3.98. The number of nitrogens with one attached hydrogen (secondary N) is 1.